The lowest BCUT2D eigenvalue weighted by Crippen LogP contribution is -2.34. The summed E-state index contributed by atoms with van der Waals surface area (Å²) in [5.41, 5.74) is 9.59. The molecule has 9 nitrogen and oxygen atoms in total. The van der Waals surface area contributed by atoms with E-state index in [0.717, 1.165) is 12.1 Å². The number of nitrogens with zero attached hydrogens (tertiary/aromatic N) is 1. The average molecular weight is 268 g/mol. The van der Waals surface area contributed by atoms with Crippen LogP contribution in [-0.4, -0.2) is 34.5 Å². The number of anilines is 1. The maximum absolute atomic E-state index is 11.0. The Morgan fingerprint density at radius 1 is 1.42 bits per heavy atom. The van der Waals surface area contributed by atoms with Crippen molar-refractivity contribution in [1.82, 2.24) is 0 Å². The third kappa shape index (κ3) is 3.64. The molecule has 1 rings (SSSR count). The largest absolute Gasteiger partial charge is 0.381 e. The van der Waals surface area contributed by atoms with Crippen molar-refractivity contribution in [3.8, 4) is 0 Å². The van der Waals surface area contributed by atoms with Gasteiger partial charge in [-0.3, -0.25) is 19.7 Å². The fourth-order valence-electron chi connectivity index (χ4n) is 1.30. The zero-order valence-electron chi connectivity index (χ0n) is 9.70. The number of aliphatic hydroxyl groups excluding tert-OH is 1. The van der Waals surface area contributed by atoms with Crippen LogP contribution in [0.25, 0.3) is 0 Å². The van der Waals surface area contributed by atoms with Crippen LogP contribution in [0.15, 0.2) is 18.2 Å². The van der Waals surface area contributed by atoms with Crippen LogP contribution in [0.4, 0.5) is 11.4 Å². The fourth-order valence-corrected chi connectivity index (χ4v) is 1.30. The van der Waals surface area contributed by atoms with Crippen LogP contribution in [-0.2, 0) is 4.79 Å². The van der Waals surface area contributed by atoms with Crippen molar-refractivity contribution in [2.75, 3.05) is 11.9 Å². The Hall–Kier alpha value is -2.68. The molecule has 0 spiro atoms. The van der Waals surface area contributed by atoms with E-state index in [-0.39, 0.29) is 23.5 Å². The Labute approximate surface area is 107 Å². The summed E-state index contributed by atoms with van der Waals surface area (Å²) >= 11 is 0. The number of aliphatic hydroxyl groups is 1. The summed E-state index contributed by atoms with van der Waals surface area (Å²) in [6.45, 7) is -0.321. The van der Waals surface area contributed by atoms with Crippen molar-refractivity contribution in [1.29, 1.82) is 0 Å². The van der Waals surface area contributed by atoms with Gasteiger partial charge in [0.2, 0.25) is 11.8 Å². The second kappa shape index (κ2) is 5.78. The number of nitro groups is 1. The summed E-state index contributed by atoms with van der Waals surface area (Å²) in [4.78, 5) is 31.7. The van der Waals surface area contributed by atoms with Gasteiger partial charge in [0.25, 0.3) is 5.69 Å². The number of benzene rings is 1. The molecule has 0 fully saturated rings. The topological polar surface area (TPSA) is 162 Å². The number of carbonyl (C=O) groups excluding carboxylic acids is 2. The summed E-state index contributed by atoms with van der Waals surface area (Å²) in [7, 11) is 0. The third-order valence-corrected chi connectivity index (χ3v) is 2.29. The molecular formula is C10H12N4O5. The van der Waals surface area contributed by atoms with Gasteiger partial charge in [0.05, 0.1) is 11.5 Å². The van der Waals surface area contributed by atoms with E-state index >= 15 is 0 Å². The zero-order valence-corrected chi connectivity index (χ0v) is 9.70. The number of nitrogens with one attached hydrogen (secondary N) is 1. The van der Waals surface area contributed by atoms with E-state index in [1.165, 1.54) is 6.07 Å². The maximum atomic E-state index is 11.0. The molecule has 0 aliphatic rings. The van der Waals surface area contributed by atoms with Crippen LogP contribution in [0.2, 0.25) is 0 Å². The average Bonchev–Trinajstić information content (AvgIpc) is 2.34. The highest BCUT2D eigenvalue weighted by Gasteiger charge is 2.18. The molecule has 1 aromatic carbocycles. The standard InChI is InChI=1S/C10H12N4O5/c11-9(16)5-1-2-7(14(18)19)6(3-5)13-4-8(15)10(12)17/h1-3,8,13,15H,4H2,(H2,11,16)(H2,12,17). The maximum Gasteiger partial charge on any atom is 0.292 e. The normalized spacial score (nSPS) is 11.6. The minimum absolute atomic E-state index is 0.0402. The van der Waals surface area contributed by atoms with Gasteiger partial charge in [0, 0.05) is 11.6 Å². The Morgan fingerprint density at radius 3 is 2.53 bits per heavy atom. The van der Waals surface area contributed by atoms with Gasteiger partial charge in [-0.15, -0.1) is 0 Å². The molecule has 1 unspecified atom stereocenters. The molecule has 1 atom stereocenters. The summed E-state index contributed by atoms with van der Waals surface area (Å²) in [5.74, 6) is -1.73. The van der Waals surface area contributed by atoms with Crippen molar-refractivity contribution in [2.45, 2.75) is 6.10 Å². The number of rotatable bonds is 6. The first kappa shape index (κ1) is 14.4. The fraction of sp³-hybridized carbons (Fsp3) is 0.200. The summed E-state index contributed by atoms with van der Waals surface area (Å²) in [6.07, 6.45) is -1.50. The Balaban J connectivity index is 3.01. The van der Waals surface area contributed by atoms with Crippen LogP contribution < -0.4 is 16.8 Å². The molecule has 6 N–H and O–H groups in total. The second-order valence-electron chi connectivity index (χ2n) is 3.65. The van der Waals surface area contributed by atoms with Crippen molar-refractivity contribution in [2.24, 2.45) is 11.5 Å². The van der Waals surface area contributed by atoms with Crippen LogP contribution >= 0.6 is 0 Å². The minimum Gasteiger partial charge on any atom is -0.381 e. The molecule has 0 bridgehead atoms. The van der Waals surface area contributed by atoms with Crippen LogP contribution in [0.5, 0.6) is 0 Å². The zero-order chi connectivity index (χ0) is 14.6. The highest BCUT2D eigenvalue weighted by Crippen LogP contribution is 2.25. The van der Waals surface area contributed by atoms with E-state index in [1.54, 1.807) is 0 Å². The summed E-state index contributed by atoms with van der Waals surface area (Å²) in [5, 5.41) is 22.4. The Bertz CT molecular complexity index is 531. The van der Waals surface area contributed by atoms with Crippen molar-refractivity contribution >= 4 is 23.2 Å². The molecule has 0 aliphatic heterocycles. The smallest absolute Gasteiger partial charge is 0.292 e. The molecule has 0 saturated heterocycles. The SMILES string of the molecule is NC(=O)c1ccc([N+](=O)[O-])c(NCC(O)C(N)=O)c1. The van der Waals surface area contributed by atoms with Gasteiger partial charge >= 0.3 is 0 Å². The molecule has 0 aromatic heterocycles. The molecule has 0 saturated carbocycles. The van der Waals surface area contributed by atoms with Crippen LogP contribution in [0, 0.1) is 10.1 Å². The predicted molar refractivity (Wildman–Crippen MR) is 65.3 cm³/mol. The van der Waals surface area contributed by atoms with Crippen molar-refractivity contribution < 1.29 is 19.6 Å². The number of hydrogen-bond acceptors (Lipinski definition) is 6. The quantitative estimate of drug-likeness (QED) is 0.380. The van der Waals surface area contributed by atoms with E-state index in [9.17, 15) is 24.8 Å². The van der Waals surface area contributed by atoms with Gasteiger partial charge < -0.3 is 21.9 Å². The van der Waals surface area contributed by atoms with E-state index < -0.39 is 22.8 Å². The molecule has 0 radical (unpaired) electrons. The predicted octanol–water partition coefficient (Wildman–Crippen LogP) is -1.05. The lowest BCUT2D eigenvalue weighted by Gasteiger charge is -2.10. The van der Waals surface area contributed by atoms with E-state index in [0.29, 0.717) is 0 Å². The van der Waals surface area contributed by atoms with Gasteiger partial charge in [-0.1, -0.05) is 0 Å². The molecule has 0 aliphatic carbocycles. The lowest BCUT2D eigenvalue weighted by atomic mass is 10.1. The van der Waals surface area contributed by atoms with E-state index in [2.05, 4.69) is 5.32 Å². The van der Waals surface area contributed by atoms with Gasteiger partial charge in [-0.05, 0) is 12.1 Å². The van der Waals surface area contributed by atoms with Gasteiger partial charge in [-0.25, -0.2) is 0 Å². The van der Waals surface area contributed by atoms with Gasteiger partial charge in [-0.2, -0.15) is 0 Å². The van der Waals surface area contributed by atoms with Crippen LogP contribution in [0.1, 0.15) is 10.4 Å². The molecule has 102 valence electrons. The lowest BCUT2D eigenvalue weighted by molar-refractivity contribution is -0.384. The van der Waals surface area contributed by atoms with E-state index in [1.807, 2.05) is 0 Å². The number of primary amides is 2. The number of nitro benzene ring substituents is 1. The van der Waals surface area contributed by atoms with E-state index in [4.69, 9.17) is 11.5 Å². The number of carbonyl (C=O) groups is 2. The molecule has 19 heavy (non-hydrogen) atoms. The third-order valence-electron chi connectivity index (χ3n) is 2.29. The first-order chi connectivity index (χ1) is 8.82. The monoisotopic (exact) mass is 268 g/mol. The Kier molecular flexibility index (Phi) is 4.37. The molecule has 2 amide bonds. The molecule has 1 aromatic rings. The van der Waals surface area contributed by atoms with Gasteiger partial charge in [0.15, 0.2) is 0 Å². The van der Waals surface area contributed by atoms with Crippen molar-refractivity contribution in [3.63, 3.8) is 0 Å². The first-order valence-electron chi connectivity index (χ1n) is 5.12. The highest BCUT2D eigenvalue weighted by molar-refractivity contribution is 5.94. The summed E-state index contributed by atoms with van der Waals surface area (Å²) < 4.78 is 0. The Morgan fingerprint density at radius 2 is 2.05 bits per heavy atom. The second-order valence-corrected chi connectivity index (χ2v) is 3.65. The molecule has 9 heteroatoms. The number of amides is 2. The highest BCUT2D eigenvalue weighted by atomic mass is 16.6. The van der Waals surface area contributed by atoms with Crippen molar-refractivity contribution in [3.05, 3.63) is 33.9 Å². The van der Waals surface area contributed by atoms with Crippen LogP contribution in [0.3, 0.4) is 0 Å². The summed E-state index contributed by atoms with van der Waals surface area (Å²) in [6, 6.07) is 3.46. The number of nitrogens with two attached hydrogens (primary N) is 2. The molecule has 0 heterocycles. The minimum atomic E-state index is -1.50. The van der Waals surface area contributed by atoms with Gasteiger partial charge in [0.1, 0.15) is 11.8 Å². The molecular weight excluding hydrogens is 256 g/mol. The number of hydrogen-bond donors (Lipinski definition) is 4. The first-order valence-corrected chi connectivity index (χ1v) is 5.12.